The molecule has 0 spiro atoms. The zero-order valence-electron chi connectivity index (χ0n) is 7.88. The Labute approximate surface area is 86.0 Å². The fourth-order valence-corrected chi connectivity index (χ4v) is 1.61. The van der Waals surface area contributed by atoms with Crippen LogP contribution in [0.4, 0.5) is 0 Å². The highest BCUT2D eigenvalue weighted by Crippen LogP contribution is 2.23. The SMILES string of the molecule is c1cncc(-c2ccnc3nc[nH]c23)c1. The first-order chi connectivity index (χ1) is 7.45. The van der Waals surface area contributed by atoms with Crippen molar-refractivity contribution >= 4 is 11.2 Å². The van der Waals surface area contributed by atoms with E-state index in [9.17, 15) is 0 Å². The molecule has 4 heteroatoms. The first-order valence-electron chi connectivity index (χ1n) is 4.63. The van der Waals surface area contributed by atoms with E-state index in [2.05, 4.69) is 19.9 Å². The lowest BCUT2D eigenvalue weighted by atomic mass is 10.1. The Hall–Kier alpha value is -2.23. The topological polar surface area (TPSA) is 54.5 Å². The van der Waals surface area contributed by atoms with Crippen LogP contribution in [0.1, 0.15) is 0 Å². The fraction of sp³-hybridized carbons (Fsp3) is 0. The number of pyridine rings is 2. The average Bonchev–Trinajstić information content (AvgIpc) is 2.78. The largest absolute Gasteiger partial charge is 0.343 e. The van der Waals surface area contributed by atoms with Crippen LogP contribution in [0.25, 0.3) is 22.3 Å². The van der Waals surface area contributed by atoms with Crippen molar-refractivity contribution in [3.8, 4) is 11.1 Å². The Kier molecular flexibility index (Phi) is 1.71. The minimum absolute atomic E-state index is 0.733. The minimum atomic E-state index is 0.733. The number of nitrogens with one attached hydrogen (secondary N) is 1. The van der Waals surface area contributed by atoms with Crippen LogP contribution < -0.4 is 0 Å². The molecule has 0 radical (unpaired) electrons. The molecule has 0 unspecified atom stereocenters. The van der Waals surface area contributed by atoms with Gasteiger partial charge in [-0.05, 0) is 12.1 Å². The minimum Gasteiger partial charge on any atom is -0.343 e. The summed E-state index contributed by atoms with van der Waals surface area (Å²) in [6, 6.07) is 5.89. The van der Waals surface area contributed by atoms with Gasteiger partial charge in [-0.1, -0.05) is 6.07 Å². The summed E-state index contributed by atoms with van der Waals surface area (Å²) in [5.74, 6) is 0. The molecule has 1 N–H and O–H groups in total. The number of hydrogen-bond acceptors (Lipinski definition) is 3. The third-order valence-electron chi connectivity index (χ3n) is 2.30. The summed E-state index contributed by atoms with van der Waals surface area (Å²) in [4.78, 5) is 15.5. The second-order valence-electron chi connectivity index (χ2n) is 3.20. The molecular weight excluding hydrogens is 188 g/mol. The van der Waals surface area contributed by atoms with E-state index in [0.29, 0.717) is 0 Å². The zero-order chi connectivity index (χ0) is 10.1. The van der Waals surface area contributed by atoms with Crippen molar-refractivity contribution < 1.29 is 0 Å². The Balaban J connectivity index is 2.31. The summed E-state index contributed by atoms with van der Waals surface area (Å²) >= 11 is 0. The van der Waals surface area contributed by atoms with Gasteiger partial charge in [0, 0.05) is 29.7 Å². The summed E-state index contributed by atoms with van der Waals surface area (Å²) in [5.41, 5.74) is 3.82. The fourth-order valence-electron chi connectivity index (χ4n) is 1.61. The molecule has 0 saturated carbocycles. The molecule has 0 atom stereocenters. The highest BCUT2D eigenvalue weighted by molar-refractivity contribution is 5.88. The van der Waals surface area contributed by atoms with Crippen LogP contribution in [-0.2, 0) is 0 Å². The number of H-pyrrole nitrogens is 1. The smallest absolute Gasteiger partial charge is 0.178 e. The van der Waals surface area contributed by atoms with Gasteiger partial charge >= 0.3 is 0 Å². The summed E-state index contributed by atoms with van der Waals surface area (Å²) in [7, 11) is 0. The first-order valence-corrected chi connectivity index (χ1v) is 4.63. The van der Waals surface area contributed by atoms with Gasteiger partial charge in [-0.2, -0.15) is 0 Å². The highest BCUT2D eigenvalue weighted by Gasteiger charge is 2.05. The summed E-state index contributed by atoms with van der Waals surface area (Å²) in [5, 5.41) is 0. The lowest BCUT2D eigenvalue weighted by Crippen LogP contribution is -1.83. The lowest BCUT2D eigenvalue weighted by Gasteiger charge is -2.00. The second-order valence-corrected chi connectivity index (χ2v) is 3.20. The van der Waals surface area contributed by atoms with Crippen molar-refractivity contribution in [2.75, 3.05) is 0 Å². The van der Waals surface area contributed by atoms with Gasteiger partial charge in [0.1, 0.15) is 0 Å². The Morgan fingerprint density at radius 2 is 2.07 bits per heavy atom. The van der Waals surface area contributed by atoms with E-state index in [4.69, 9.17) is 0 Å². The maximum absolute atomic E-state index is 4.16. The molecule has 3 aromatic rings. The van der Waals surface area contributed by atoms with Crippen molar-refractivity contribution in [3.63, 3.8) is 0 Å². The van der Waals surface area contributed by atoms with Crippen molar-refractivity contribution in [2.45, 2.75) is 0 Å². The predicted octanol–water partition coefficient (Wildman–Crippen LogP) is 2.02. The zero-order valence-corrected chi connectivity index (χ0v) is 7.88. The predicted molar refractivity (Wildman–Crippen MR) is 57.1 cm³/mol. The number of nitrogens with zero attached hydrogens (tertiary/aromatic N) is 3. The average molecular weight is 196 g/mol. The maximum Gasteiger partial charge on any atom is 0.178 e. The summed E-state index contributed by atoms with van der Waals surface area (Å²) in [6.07, 6.45) is 6.99. The molecule has 4 nitrogen and oxygen atoms in total. The van der Waals surface area contributed by atoms with Gasteiger partial charge in [0.15, 0.2) is 5.65 Å². The third kappa shape index (κ3) is 1.27. The van der Waals surface area contributed by atoms with Gasteiger partial charge in [-0.3, -0.25) is 4.98 Å². The highest BCUT2D eigenvalue weighted by atomic mass is 14.9. The molecule has 0 bridgehead atoms. The monoisotopic (exact) mass is 196 g/mol. The molecule has 0 amide bonds. The van der Waals surface area contributed by atoms with E-state index in [1.807, 2.05) is 24.4 Å². The Bertz CT molecular complexity index is 586. The van der Waals surface area contributed by atoms with Gasteiger partial charge in [-0.25, -0.2) is 9.97 Å². The van der Waals surface area contributed by atoms with E-state index in [1.54, 1.807) is 18.7 Å². The van der Waals surface area contributed by atoms with Gasteiger partial charge < -0.3 is 4.98 Å². The molecule has 3 aromatic heterocycles. The van der Waals surface area contributed by atoms with E-state index in [1.165, 1.54) is 0 Å². The molecule has 3 heterocycles. The molecule has 15 heavy (non-hydrogen) atoms. The molecule has 0 aromatic carbocycles. The number of aromatic nitrogens is 4. The van der Waals surface area contributed by atoms with Gasteiger partial charge in [0.25, 0.3) is 0 Å². The van der Waals surface area contributed by atoms with E-state index in [0.717, 1.165) is 22.3 Å². The van der Waals surface area contributed by atoms with E-state index >= 15 is 0 Å². The summed E-state index contributed by atoms with van der Waals surface area (Å²) < 4.78 is 0. The van der Waals surface area contributed by atoms with Gasteiger partial charge in [0.05, 0.1) is 11.8 Å². The van der Waals surface area contributed by atoms with Crippen molar-refractivity contribution in [1.82, 2.24) is 19.9 Å². The molecule has 0 aliphatic rings. The van der Waals surface area contributed by atoms with Crippen molar-refractivity contribution in [1.29, 1.82) is 0 Å². The Morgan fingerprint density at radius 3 is 2.93 bits per heavy atom. The number of rotatable bonds is 1. The molecule has 0 aliphatic carbocycles. The lowest BCUT2D eigenvalue weighted by molar-refractivity contribution is 1.30. The molecule has 0 aliphatic heterocycles. The molecule has 72 valence electrons. The standard InChI is InChI=1S/C11H8N4/c1-2-8(6-12-4-1)9-3-5-13-11-10(9)14-7-15-11/h1-7H,(H,13,14,15). The van der Waals surface area contributed by atoms with Crippen LogP contribution in [-0.4, -0.2) is 19.9 Å². The van der Waals surface area contributed by atoms with Gasteiger partial charge in [0.2, 0.25) is 0 Å². The number of hydrogen-bond donors (Lipinski definition) is 1. The van der Waals surface area contributed by atoms with Crippen LogP contribution in [0.2, 0.25) is 0 Å². The first kappa shape index (κ1) is 8.11. The van der Waals surface area contributed by atoms with Crippen molar-refractivity contribution in [3.05, 3.63) is 43.1 Å². The van der Waals surface area contributed by atoms with E-state index in [-0.39, 0.29) is 0 Å². The Morgan fingerprint density at radius 1 is 1.07 bits per heavy atom. The normalized spacial score (nSPS) is 10.7. The number of fused-ring (bicyclic) bond motifs is 1. The third-order valence-corrected chi connectivity index (χ3v) is 2.30. The molecule has 0 fully saturated rings. The molecule has 0 saturated heterocycles. The quantitative estimate of drug-likeness (QED) is 0.647. The van der Waals surface area contributed by atoms with Crippen LogP contribution in [0.3, 0.4) is 0 Å². The van der Waals surface area contributed by atoms with Crippen LogP contribution in [0.5, 0.6) is 0 Å². The van der Waals surface area contributed by atoms with E-state index < -0.39 is 0 Å². The van der Waals surface area contributed by atoms with Gasteiger partial charge in [-0.15, -0.1) is 0 Å². The van der Waals surface area contributed by atoms with Crippen LogP contribution in [0.15, 0.2) is 43.1 Å². The number of imidazole rings is 1. The summed E-state index contributed by atoms with van der Waals surface area (Å²) in [6.45, 7) is 0. The number of aromatic amines is 1. The molecular formula is C11H8N4. The van der Waals surface area contributed by atoms with Crippen molar-refractivity contribution in [2.24, 2.45) is 0 Å². The molecule has 3 rings (SSSR count). The maximum atomic E-state index is 4.16. The second kappa shape index (κ2) is 3.16. The van der Waals surface area contributed by atoms with Crippen LogP contribution >= 0.6 is 0 Å². The van der Waals surface area contributed by atoms with Crippen LogP contribution in [0, 0.1) is 0 Å².